The summed E-state index contributed by atoms with van der Waals surface area (Å²) in [5, 5.41) is 5.40. The van der Waals surface area contributed by atoms with Crippen molar-refractivity contribution in [3.63, 3.8) is 0 Å². The minimum Gasteiger partial charge on any atom is -0.494 e. The molecule has 2 heterocycles. The Balaban J connectivity index is 1.74. The molecule has 0 aliphatic heterocycles. The number of rotatable bonds is 9. The van der Waals surface area contributed by atoms with Crippen LogP contribution in [-0.2, 0) is 22.9 Å². The van der Waals surface area contributed by atoms with Gasteiger partial charge >= 0.3 is 0 Å². The van der Waals surface area contributed by atoms with Crippen molar-refractivity contribution >= 4 is 10.0 Å². The predicted molar refractivity (Wildman–Crippen MR) is 141 cm³/mol. The normalized spacial score (nSPS) is 11.5. The topological polar surface area (TPSA) is 130 Å². The van der Waals surface area contributed by atoms with Gasteiger partial charge in [-0.1, -0.05) is 55.8 Å². The lowest BCUT2D eigenvalue weighted by molar-refractivity contribution is 0.410. The third kappa shape index (κ3) is 5.76. The average molecular weight is 520 g/mol. The van der Waals surface area contributed by atoms with E-state index in [4.69, 9.17) is 14.9 Å². The highest BCUT2D eigenvalue weighted by molar-refractivity contribution is 7.89. The first kappa shape index (κ1) is 26.2. The Kier molecular flexibility index (Phi) is 7.80. The zero-order valence-electron chi connectivity index (χ0n) is 21.0. The van der Waals surface area contributed by atoms with Crippen molar-refractivity contribution in [2.45, 2.75) is 44.4 Å². The van der Waals surface area contributed by atoms with E-state index in [1.54, 1.807) is 25.1 Å². The minimum absolute atomic E-state index is 0.0646. The first-order valence-electron chi connectivity index (χ1n) is 11.9. The summed E-state index contributed by atoms with van der Waals surface area (Å²) < 4.78 is 30.6. The van der Waals surface area contributed by atoms with Crippen molar-refractivity contribution in [1.29, 1.82) is 0 Å². The quantitative estimate of drug-likeness (QED) is 0.358. The smallest absolute Gasteiger partial charge is 0.264 e. The van der Waals surface area contributed by atoms with E-state index in [2.05, 4.69) is 16.9 Å². The highest BCUT2D eigenvalue weighted by Crippen LogP contribution is 2.27. The number of hydrogen-bond donors (Lipinski definition) is 1. The van der Waals surface area contributed by atoms with Gasteiger partial charge < -0.3 is 4.74 Å². The van der Waals surface area contributed by atoms with E-state index in [1.165, 1.54) is 30.1 Å². The fourth-order valence-electron chi connectivity index (χ4n) is 4.17. The molecule has 0 amide bonds. The van der Waals surface area contributed by atoms with Crippen molar-refractivity contribution < 1.29 is 13.2 Å². The number of aromatic nitrogens is 4. The number of hydrogen-bond acceptors (Lipinski definition) is 7. The summed E-state index contributed by atoms with van der Waals surface area (Å²) in [6.07, 6.45) is 5.95. The molecule has 192 valence electrons. The molecule has 0 fully saturated rings. The maximum Gasteiger partial charge on any atom is 0.264 e. The lowest BCUT2D eigenvalue weighted by Gasteiger charge is -2.15. The van der Waals surface area contributed by atoms with E-state index in [1.807, 2.05) is 24.3 Å². The van der Waals surface area contributed by atoms with Crippen LogP contribution in [0.5, 0.6) is 5.75 Å². The van der Waals surface area contributed by atoms with Crippen molar-refractivity contribution in [2.24, 2.45) is 5.14 Å². The largest absolute Gasteiger partial charge is 0.494 e. The molecule has 0 aliphatic carbocycles. The van der Waals surface area contributed by atoms with Gasteiger partial charge in [0.2, 0.25) is 16.0 Å². The molecule has 9 nitrogen and oxygen atoms in total. The van der Waals surface area contributed by atoms with Crippen LogP contribution in [0.1, 0.15) is 42.4 Å². The number of nitrogens with two attached hydrogens (primary N) is 1. The second-order valence-corrected chi connectivity index (χ2v) is 10.2. The highest BCUT2D eigenvalue weighted by Gasteiger charge is 2.19. The summed E-state index contributed by atoms with van der Waals surface area (Å²) in [4.78, 5) is 27.1. The van der Waals surface area contributed by atoms with Gasteiger partial charge in [-0.25, -0.2) is 33.1 Å². The second kappa shape index (κ2) is 11.0. The fourth-order valence-corrected chi connectivity index (χ4v) is 4.93. The molecule has 0 aliphatic rings. The zero-order chi connectivity index (χ0) is 26.6. The highest BCUT2D eigenvalue weighted by atomic mass is 32.2. The lowest BCUT2D eigenvalue weighted by Crippen LogP contribution is -2.29. The number of nitrogens with zero attached hydrogens (tertiary/aromatic N) is 4. The number of methoxy groups -OCH3 is 1. The molecular formula is C27H29N5O4S. The van der Waals surface area contributed by atoms with Gasteiger partial charge in [-0.2, -0.15) is 0 Å². The van der Waals surface area contributed by atoms with Gasteiger partial charge in [0.1, 0.15) is 5.82 Å². The van der Waals surface area contributed by atoms with Gasteiger partial charge in [0.25, 0.3) is 5.56 Å². The average Bonchev–Trinajstić information content (AvgIpc) is 2.89. The van der Waals surface area contributed by atoms with Gasteiger partial charge in [-0.15, -0.1) is 0 Å². The molecule has 0 saturated carbocycles. The molecular weight excluding hydrogens is 490 g/mol. The standard InChI is InChI=1S/C27H29N5O4S/c1-4-5-9-24-23(26(33)32(18(2)31-24)27-29-16-21(36-3)17-30-27)15-19-11-13-20(14-12-19)22-8-6-7-10-25(22)37(28,34)35/h6-8,10-14,16-17H,4-5,9,15H2,1-3H3,(H2,28,34,35). The Labute approximate surface area is 216 Å². The van der Waals surface area contributed by atoms with E-state index in [-0.39, 0.29) is 16.4 Å². The molecule has 4 aromatic rings. The van der Waals surface area contributed by atoms with Crippen molar-refractivity contribution in [3.05, 3.63) is 93.9 Å². The molecule has 0 bridgehead atoms. The summed E-state index contributed by atoms with van der Waals surface area (Å²) in [5.74, 6) is 1.24. The molecule has 10 heteroatoms. The van der Waals surface area contributed by atoms with Gasteiger partial charge in [-0.05, 0) is 37.0 Å². The van der Waals surface area contributed by atoms with E-state index in [0.717, 1.165) is 24.1 Å². The van der Waals surface area contributed by atoms with Crippen LogP contribution in [0.4, 0.5) is 0 Å². The molecule has 2 N–H and O–H groups in total. The van der Waals surface area contributed by atoms with E-state index < -0.39 is 10.0 Å². The zero-order valence-corrected chi connectivity index (χ0v) is 21.8. The molecule has 0 radical (unpaired) electrons. The lowest BCUT2D eigenvalue weighted by atomic mass is 9.98. The summed E-state index contributed by atoms with van der Waals surface area (Å²) in [6.45, 7) is 3.86. The number of primary sulfonamides is 1. The van der Waals surface area contributed by atoms with Gasteiger partial charge in [0.15, 0.2) is 5.75 Å². The number of benzene rings is 2. The molecule has 0 atom stereocenters. The summed E-state index contributed by atoms with van der Waals surface area (Å²) in [7, 11) is -2.35. The van der Waals surface area contributed by atoms with Crippen LogP contribution < -0.4 is 15.4 Å². The van der Waals surface area contributed by atoms with E-state index in [0.29, 0.717) is 41.1 Å². The Morgan fingerprint density at radius 1 is 1.03 bits per heavy atom. The molecule has 4 rings (SSSR count). The Hall–Kier alpha value is -3.89. The van der Waals surface area contributed by atoms with Gasteiger partial charge in [0, 0.05) is 17.5 Å². The number of sulfonamides is 1. The first-order valence-corrected chi connectivity index (χ1v) is 13.5. The van der Waals surface area contributed by atoms with Crippen LogP contribution in [0.3, 0.4) is 0 Å². The van der Waals surface area contributed by atoms with Gasteiger partial charge in [-0.3, -0.25) is 4.79 Å². The van der Waals surface area contributed by atoms with Crippen LogP contribution >= 0.6 is 0 Å². The van der Waals surface area contributed by atoms with Crippen LogP contribution in [0.25, 0.3) is 17.1 Å². The van der Waals surface area contributed by atoms with Crippen LogP contribution in [0, 0.1) is 6.92 Å². The summed E-state index contributed by atoms with van der Waals surface area (Å²) >= 11 is 0. The molecule has 0 unspecified atom stereocenters. The maximum atomic E-state index is 13.7. The van der Waals surface area contributed by atoms with Crippen LogP contribution in [0.15, 0.2) is 70.6 Å². The molecule has 0 saturated heterocycles. The van der Waals surface area contributed by atoms with E-state index in [9.17, 15) is 13.2 Å². The number of ether oxygens (including phenoxy) is 1. The molecule has 2 aromatic carbocycles. The Bertz CT molecular complexity index is 1560. The Morgan fingerprint density at radius 3 is 2.32 bits per heavy atom. The summed E-state index contributed by atoms with van der Waals surface area (Å²) in [5.41, 5.74) is 3.25. The van der Waals surface area contributed by atoms with Crippen LogP contribution in [-0.4, -0.2) is 35.0 Å². The number of unbranched alkanes of at least 4 members (excludes halogenated alkanes) is 1. The monoisotopic (exact) mass is 519 g/mol. The van der Waals surface area contributed by atoms with Crippen LogP contribution in [0.2, 0.25) is 0 Å². The molecule has 0 spiro atoms. The minimum atomic E-state index is -3.87. The first-order chi connectivity index (χ1) is 17.7. The predicted octanol–water partition coefficient (Wildman–Crippen LogP) is 3.59. The van der Waals surface area contributed by atoms with E-state index >= 15 is 0 Å². The maximum absolute atomic E-state index is 13.7. The van der Waals surface area contributed by atoms with Crippen molar-refractivity contribution in [1.82, 2.24) is 19.5 Å². The fraction of sp³-hybridized carbons (Fsp3) is 0.259. The number of aryl methyl sites for hydroxylation is 2. The summed E-state index contributed by atoms with van der Waals surface area (Å²) in [6, 6.07) is 14.0. The Morgan fingerprint density at radius 2 is 1.70 bits per heavy atom. The molecule has 37 heavy (non-hydrogen) atoms. The second-order valence-electron chi connectivity index (χ2n) is 8.67. The third-order valence-corrected chi connectivity index (χ3v) is 7.06. The third-order valence-electron chi connectivity index (χ3n) is 6.09. The van der Waals surface area contributed by atoms with Crippen molar-refractivity contribution in [2.75, 3.05) is 7.11 Å². The van der Waals surface area contributed by atoms with Gasteiger partial charge in [0.05, 0.1) is 30.1 Å². The van der Waals surface area contributed by atoms with Crippen molar-refractivity contribution in [3.8, 4) is 22.8 Å². The SMILES string of the molecule is CCCCc1nc(C)n(-c2ncc(OC)cn2)c(=O)c1Cc1ccc(-c2ccccc2S(N)(=O)=O)cc1. The molecule has 2 aromatic heterocycles.